The summed E-state index contributed by atoms with van der Waals surface area (Å²) >= 11 is 0. The molecule has 4 heteroatoms. The SMILES string of the molecule is COC(=O)CC1C2CNCC1C2.Cl. The minimum Gasteiger partial charge on any atom is -0.469 e. The Kier molecular flexibility index (Phi) is 3.56. The van der Waals surface area contributed by atoms with Crippen LogP contribution in [0.25, 0.3) is 0 Å². The lowest BCUT2D eigenvalue weighted by atomic mass is 9.61. The van der Waals surface area contributed by atoms with Crippen molar-refractivity contribution in [3.8, 4) is 0 Å². The quantitative estimate of drug-likeness (QED) is 0.679. The summed E-state index contributed by atoms with van der Waals surface area (Å²) in [5, 5.41) is 3.35. The van der Waals surface area contributed by atoms with Crippen LogP contribution in [0.5, 0.6) is 0 Å². The van der Waals surface area contributed by atoms with Gasteiger partial charge in [0, 0.05) is 6.42 Å². The number of ether oxygens (including phenoxy) is 1. The fourth-order valence-electron chi connectivity index (χ4n) is 2.46. The van der Waals surface area contributed by atoms with E-state index >= 15 is 0 Å². The van der Waals surface area contributed by atoms with E-state index in [-0.39, 0.29) is 18.4 Å². The van der Waals surface area contributed by atoms with Gasteiger partial charge in [0.05, 0.1) is 7.11 Å². The summed E-state index contributed by atoms with van der Waals surface area (Å²) in [6.07, 6.45) is 1.95. The van der Waals surface area contributed by atoms with Gasteiger partial charge in [-0.15, -0.1) is 12.4 Å². The Morgan fingerprint density at radius 2 is 2.08 bits per heavy atom. The predicted molar refractivity (Wildman–Crippen MR) is 51.8 cm³/mol. The van der Waals surface area contributed by atoms with Crippen molar-refractivity contribution >= 4 is 18.4 Å². The van der Waals surface area contributed by atoms with Crippen molar-refractivity contribution in [1.29, 1.82) is 0 Å². The summed E-state index contributed by atoms with van der Waals surface area (Å²) in [4.78, 5) is 11.0. The van der Waals surface area contributed by atoms with Crippen LogP contribution in [0.4, 0.5) is 0 Å². The van der Waals surface area contributed by atoms with Gasteiger partial charge < -0.3 is 10.1 Å². The van der Waals surface area contributed by atoms with Gasteiger partial charge in [0.1, 0.15) is 0 Å². The highest BCUT2D eigenvalue weighted by molar-refractivity contribution is 5.85. The van der Waals surface area contributed by atoms with Crippen molar-refractivity contribution in [1.82, 2.24) is 5.32 Å². The van der Waals surface area contributed by atoms with Crippen molar-refractivity contribution in [2.75, 3.05) is 20.2 Å². The second kappa shape index (κ2) is 4.29. The molecule has 2 heterocycles. The molecule has 3 aliphatic rings. The number of esters is 1. The molecule has 1 saturated carbocycles. The Morgan fingerprint density at radius 3 is 2.54 bits per heavy atom. The fourth-order valence-corrected chi connectivity index (χ4v) is 2.46. The third kappa shape index (κ3) is 1.97. The van der Waals surface area contributed by atoms with E-state index in [4.69, 9.17) is 0 Å². The number of rotatable bonds is 2. The van der Waals surface area contributed by atoms with Crippen LogP contribution in [-0.4, -0.2) is 26.2 Å². The van der Waals surface area contributed by atoms with Crippen LogP contribution in [-0.2, 0) is 9.53 Å². The Hall–Kier alpha value is -0.280. The fraction of sp³-hybridized carbons (Fsp3) is 0.889. The van der Waals surface area contributed by atoms with Gasteiger partial charge in [-0.2, -0.15) is 0 Å². The number of piperidine rings is 2. The molecule has 0 amide bonds. The van der Waals surface area contributed by atoms with Gasteiger partial charge in [0.15, 0.2) is 0 Å². The third-order valence-corrected chi connectivity index (χ3v) is 3.26. The van der Waals surface area contributed by atoms with Crippen LogP contribution < -0.4 is 5.32 Å². The Balaban J connectivity index is 0.000000845. The van der Waals surface area contributed by atoms with Crippen LogP contribution in [0.2, 0.25) is 0 Å². The lowest BCUT2D eigenvalue weighted by molar-refractivity contribution is -0.145. The first-order valence-electron chi connectivity index (χ1n) is 4.59. The maximum absolute atomic E-state index is 11.0. The zero-order valence-corrected chi connectivity index (χ0v) is 8.60. The second-order valence-corrected chi connectivity index (χ2v) is 3.86. The van der Waals surface area contributed by atoms with Crippen LogP contribution in [0, 0.1) is 17.8 Å². The lowest BCUT2D eigenvalue weighted by Gasteiger charge is -2.49. The van der Waals surface area contributed by atoms with E-state index in [2.05, 4.69) is 10.1 Å². The van der Waals surface area contributed by atoms with E-state index in [0.717, 1.165) is 24.9 Å². The van der Waals surface area contributed by atoms with E-state index < -0.39 is 0 Å². The largest absolute Gasteiger partial charge is 0.469 e. The molecule has 0 aromatic rings. The first kappa shape index (κ1) is 10.8. The number of carbonyl (C=O) groups excluding carboxylic acids is 1. The molecular formula is C9H16ClNO2. The molecule has 2 bridgehead atoms. The standard InChI is InChI=1S/C9H15NO2.ClH/c1-12-9(11)3-8-6-2-7(8)5-10-4-6;/h6-8,10H,2-5H2,1H3;1H. The molecule has 0 aromatic carbocycles. The molecule has 13 heavy (non-hydrogen) atoms. The Bertz CT molecular complexity index is 184. The molecule has 2 atom stereocenters. The van der Waals surface area contributed by atoms with E-state index in [1.54, 1.807) is 0 Å². The number of hydrogen-bond donors (Lipinski definition) is 1. The highest BCUT2D eigenvalue weighted by atomic mass is 35.5. The van der Waals surface area contributed by atoms with E-state index in [1.165, 1.54) is 13.5 Å². The topological polar surface area (TPSA) is 38.3 Å². The van der Waals surface area contributed by atoms with Gasteiger partial charge >= 0.3 is 5.97 Å². The maximum Gasteiger partial charge on any atom is 0.305 e. The zero-order chi connectivity index (χ0) is 8.55. The summed E-state index contributed by atoms with van der Waals surface area (Å²) in [5.41, 5.74) is 0. The molecule has 1 aliphatic carbocycles. The van der Waals surface area contributed by atoms with Crippen LogP contribution in [0.15, 0.2) is 0 Å². The Morgan fingerprint density at radius 1 is 1.46 bits per heavy atom. The zero-order valence-electron chi connectivity index (χ0n) is 7.79. The lowest BCUT2D eigenvalue weighted by Crippen LogP contribution is -2.53. The predicted octanol–water partition coefficient (Wildman–Crippen LogP) is 0.827. The second-order valence-electron chi connectivity index (χ2n) is 3.86. The summed E-state index contributed by atoms with van der Waals surface area (Å²) in [6, 6.07) is 0. The van der Waals surface area contributed by atoms with Crippen LogP contribution in [0.3, 0.4) is 0 Å². The molecule has 3 fully saturated rings. The normalized spacial score (nSPS) is 35.6. The minimum atomic E-state index is -0.0448. The van der Waals surface area contributed by atoms with Crippen LogP contribution >= 0.6 is 12.4 Å². The van der Waals surface area contributed by atoms with Gasteiger partial charge in [0.2, 0.25) is 0 Å². The van der Waals surface area contributed by atoms with Gasteiger partial charge in [0.25, 0.3) is 0 Å². The smallest absolute Gasteiger partial charge is 0.305 e. The van der Waals surface area contributed by atoms with Crippen molar-refractivity contribution in [2.24, 2.45) is 17.8 Å². The number of hydrogen-bond acceptors (Lipinski definition) is 3. The van der Waals surface area contributed by atoms with Gasteiger partial charge in [-0.05, 0) is 37.3 Å². The molecule has 0 aromatic heterocycles. The highest BCUT2D eigenvalue weighted by Crippen LogP contribution is 2.44. The summed E-state index contributed by atoms with van der Waals surface area (Å²) < 4.78 is 4.66. The van der Waals surface area contributed by atoms with Gasteiger partial charge in [-0.25, -0.2) is 0 Å². The first-order chi connectivity index (χ1) is 5.81. The number of nitrogens with one attached hydrogen (secondary N) is 1. The highest BCUT2D eigenvalue weighted by Gasteiger charge is 2.44. The molecule has 0 spiro atoms. The van der Waals surface area contributed by atoms with E-state index in [0.29, 0.717) is 12.3 Å². The van der Waals surface area contributed by atoms with Crippen molar-refractivity contribution < 1.29 is 9.53 Å². The molecule has 76 valence electrons. The van der Waals surface area contributed by atoms with Gasteiger partial charge in [-0.1, -0.05) is 0 Å². The average Bonchev–Trinajstić information content (AvgIpc) is 2.14. The monoisotopic (exact) mass is 205 g/mol. The molecule has 0 radical (unpaired) electrons. The maximum atomic E-state index is 11.0. The number of carbonyl (C=O) groups is 1. The first-order valence-corrected chi connectivity index (χ1v) is 4.59. The van der Waals surface area contributed by atoms with Crippen molar-refractivity contribution in [3.63, 3.8) is 0 Å². The number of halogens is 1. The molecule has 2 unspecified atom stereocenters. The van der Waals surface area contributed by atoms with E-state index in [9.17, 15) is 4.79 Å². The third-order valence-electron chi connectivity index (χ3n) is 3.26. The summed E-state index contributed by atoms with van der Waals surface area (Å²) in [5.74, 6) is 2.04. The molecule has 2 saturated heterocycles. The number of methoxy groups -OCH3 is 1. The number of fused-ring (bicyclic) bond motifs is 2. The van der Waals surface area contributed by atoms with Crippen molar-refractivity contribution in [2.45, 2.75) is 12.8 Å². The minimum absolute atomic E-state index is 0. The van der Waals surface area contributed by atoms with E-state index in [1.807, 2.05) is 0 Å². The molecular weight excluding hydrogens is 190 g/mol. The average molecular weight is 206 g/mol. The summed E-state index contributed by atoms with van der Waals surface area (Å²) in [6.45, 7) is 2.19. The molecule has 2 aliphatic heterocycles. The van der Waals surface area contributed by atoms with Crippen LogP contribution in [0.1, 0.15) is 12.8 Å². The van der Waals surface area contributed by atoms with Gasteiger partial charge in [-0.3, -0.25) is 4.79 Å². The molecule has 3 nitrogen and oxygen atoms in total. The summed E-state index contributed by atoms with van der Waals surface area (Å²) in [7, 11) is 1.47. The Labute approximate surface area is 84.6 Å². The molecule has 3 rings (SSSR count). The van der Waals surface area contributed by atoms with Crippen molar-refractivity contribution in [3.05, 3.63) is 0 Å². The molecule has 1 N–H and O–H groups in total.